The molecule has 3 saturated heterocycles. The number of hydrogen-bond acceptors (Lipinski definition) is 20. The Balaban J connectivity index is 1.32. The van der Waals surface area contributed by atoms with Crippen molar-refractivity contribution in [2.75, 3.05) is 13.2 Å². The van der Waals surface area contributed by atoms with Gasteiger partial charge < -0.3 is 94.1 Å². The van der Waals surface area contributed by atoms with E-state index >= 15 is 0 Å². The maximum Gasteiger partial charge on any atom is 0.239 e. The summed E-state index contributed by atoms with van der Waals surface area (Å²) in [5.74, 6) is -2.21. The summed E-state index contributed by atoms with van der Waals surface area (Å²) in [5, 5.41) is 123. The molecule has 0 bridgehead atoms. The Hall–Kier alpha value is -3.71. The van der Waals surface area contributed by atoms with Crippen LogP contribution in [-0.4, -0.2) is 167 Å². The molecule has 12 N–H and O–H groups in total. The highest BCUT2D eigenvalue weighted by Gasteiger charge is 2.48. The minimum absolute atomic E-state index is 0.112. The fourth-order valence-corrected chi connectivity index (χ4v) is 6.14. The first kappa shape index (κ1) is 39.0. The van der Waals surface area contributed by atoms with E-state index in [0.717, 1.165) is 12.1 Å². The molecule has 7 unspecified atom stereocenters. The molecule has 20 nitrogen and oxygen atoms in total. The van der Waals surface area contributed by atoms with E-state index in [1.54, 1.807) is 0 Å². The third kappa shape index (κ3) is 7.52. The lowest BCUT2D eigenvalue weighted by Crippen LogP contribution is -2.61. The van der Waals surface area contributed by atoms with Crippen LogP contribution in [0.4, 0.5) is 0 Å². The zero-order chi connectivity index (χ0) is 38.5. The van der Waals surface area contributed by atoms with Crippen LogP contribution in [0.1, 0.15) is 6.92 Å². The van der Waals surface area contributed by atoms with Gasteiger partial charge in [-0.15, -0.1) is 0 Å². The molecule has 6 rings (SSSR count). The van der Waals surface area contributed by atoms with Crippen molar-refractivity contribution in [3.63, 3.8) is 0 Å². The third-order valence-electron chi connectivity index (χ3n) is 9.27. The number of ether oxygens (including phenoxy) is 6. The predicted octanol–water partition coefficient (Wildman–Crippen LogP) is -3.92. The summed E-state index contributed by atoms with van der Waals surface area (Å²) in [4.78, 5) is 14.0. The average Bonchev–Trinajstić information content (AvgIpc) is 3.13. The number of phenols is 2. The van der Waals surface area contributed by atoms with Crippen molar-refractivity contribution >= 4 is 11.0 Å². The summed E-state index contributed by atoms with van der Waals surface area (Å²) in [6.07, 6.45) is -24.7. The van der Waals surface area contributed by atoms with Gasteiger partial charge in [-0.2, -0.15) is 0 Å². The van der Waals surface area contributed by atoms with Gasteiger partial charge in [0, 0.05) is 17.7 Å². The minimum atomic E-state index is -2.00. The van der Waals surface area contributed by atoms with E-state index in [1.165, 1.54) is 31.2 Å². The number of aliphatic hydroxyl groups is 10. The second-order valence-electron chi connectivity index (χ2n) is 12.9. The second-order valence-corrected chi connectivity index (χ2v) is 12.9. The normalized spacial score (nSPS) is 37.8. The molecule has 15 atom stereocenters. The molecule has 0 radical (unpaired) electrons. The highest BCUT2D eigenvalue weighted by molar-refractivity contribution is 5.88. The van der Waals surface area contributed by atoms with E-state index in [9.17, 15) is 66.1 Å². The van der Waals surface area contributed by atoms with Gasteiger partial charge in [-0.1, -0.05) is 0 Å². The predicted molar refractivity (Wildman–Crippen MR) is 171 cm³/mol. The largest absolute Gasteiger partial charge is 0.508 e. The first-order valence-electron chi connectivity index (χ1n) is 16.4. The Labute approximate surface area is 298 Å². The van der Waals surface area contributed by atoms with Gasteiger partial charge in [0.25, 0.3) is 0 Å². The van der Waals surface area contributed by atoms with E-state index in [0.29, 0.717) is 0 Å². The van der Waals surface area contributed by atoms with Crippen molar-refractivity contribution in [2.24, 2.45) is 0 Å². The number of benzene rings is 2. The Morgan fingerprint density at radius 1 is 0.660 bits per heavy atom. The molecule has 0 aliphatic carbocycles. The van der Waals surface area contributed by atoms with Crippen molar-refractivity contribution in [3.05, 3.63) is 46.6 Å². The molecule has 4 heterocycles. The van der Waals surface area contributed by atoms with Crippen LogP contribution >= 0.6 is 0 Å². The van der Waals surface area contributed by atoms with Gasteiger partial charge >= 0.3 is 0 Å². The topological polar surface area (TPSA) is 328 Å². The molecule has 2 aromatic carbocycles. The van der Waals surface area contributed by atoms with Gasteiger partial charge in [-0.3, -0.25) is 4.79 Å². The van der Waals surface area contributed by atoms with Crippen LogP contribution in [0.3, 0.4) is 0 Å². The Kier molecular flexibility index (Phi) is 11.5. The van der Waals surface area contributed by atoms with Crippen molar-refractivity contribution in [1.29, 1.82) is 0 Å². The zero-order valence-electron chi connectivity index (χ0n) is 27.7. The monoisotopic (exact) mass is 756 g/mol. The van der Waals surface area contributed by atoms with Gasteiger partial charge in [-0.25, -0.2) is 0 Å². The van der Waals surface area contributed by atoms with Crippen LogP contribution in [0.15, 0.2) is 45.6 Å². The SMILES string of the molecule is CC1O[C@@H](OCC2O[C@@H](Oc3c(-c4ccc(O)cc4)oc4cc(O[C@@H]5OC(CO)[C@@H](O)[C@H](O)C5O)cc(O)c4c3=O)C(O)C(O)[C@@H]2O)C(O)[C@@H](O)[C@H]1O. The van der Waals surface area contributed by atoms with Crippen molar-refractivity contribution < 1.29 is 94.1 Å². The fourth-order valence-electron chi connectivity index (χ4n) is 6.14. The molecule has 1 aromatic heterocycles. The highest BCUT2D eigenvalue weighted by atomic mass is 16.7. The number of fused-ring (bicyclic) bond motifs is 1. The number of aromatic hydroxyl groups is 2. The van der Waals surface area contributed by atoms with Gasteiger partial charge in [0.2, 0.25) is 23.8 Å². The zero-order valence-corrected chi connectivity index (χ0v) is 27.7. The second kappa shape index (κ2) is 15.6. The summed E-state index contributed by atoms with van der Waals surface area (Å²) in [6.45, 7) is 0.0485. The van der Waals surface area contributed by atoms with Crippen LogP contribution in [0.2, 0.25) is 0 Å². The van der Waals surface area contributed by atoms with Crippen LogP contribution in [0.25, 0.3) is 22.3 Å². The first-order chi connectivity index (χ1) is 25.1. The maximum absolute atomic E-state index is 14.0. The van der Waals surface area contributed by atoms with E-state index in [1.807, 2.05) is 0 Å². The molecule has 3 aliphatic heterocycles. The Morgan fingerprint density at radius 3 is 1.87 bits per heavy atom. The molecular weight excluding hydrogens is 716 g/mol. The van der Waals surface area contributed by atoms with Gasteiger partial charge in [0.15, 0.2) is 12.1 Å². The molecule has 292 valence electrons. The Bertz CT molecular complexity index is 1780. The Morgan fingerprint density at radius 2 is 1.23 bits per heavy atom. The molecule has 53 heavy (non-hydrogen) atoms. The smallest absolute Gasteiger partial charge is 0.239 e. The van der Waals surface area contributed by atoms with Crippen LogP contribution in [0.5, 0.6) is 23.0 Å². The van der Waals surface area contributed by atoms with Crippen LogP contribution in [-0.2, 0) is 18.9 Å². The summed E-state index contributed by atoms with van der Waals surface area (Å²) >= 11 is 0. The van der Waals surface area contributed by atoms with E-state index in [-0.39, 0.29) is 28.4 Å². The van der Waals surface area contributed by atoms with E-state index < -0.39 is 128 Å². The van der Waals surface area contributed by atoms with Crippen LogP contribution in [0, 0.1) is 0 Å². The van der Waals surface area contributed by atoms with Gasteiger partial charge in [-0.05, 0) is 31.2 Å². The number of rotatable bonds is 9. The highest BCUT2D eigenvalue weighted by Crippen LogP contribution is 2.39. The average molecular weight is 757 g/mol. The first-order valence-corrected chi connectivity index (χ1v) is 16.4. The summed E-state index contributed by atoms with van der Waals surface area (Å²) < 4.78 is 39.3. The van der Waals surface area contributed by atoms with Gasteiger partial charge in [0.1, 0.15) is 95.4 Å². The lowest BCUT2D eigenvalue weighted by molar-refractivity contribution is -0.318. The van der Waals surface area contributed by atoms with Crippen LogP contribution < -0.4 is 14.9 Å². The molecule has 0 saturated carbocycles. The number of aliphatic hydroxyl groups excluding tert-OH is 10. The maximum atomic E-state index is 14.0. The summed E-state index contributed by atoms with van der Waals surface area (Å²) in [6, 6.07) is 7.20. The lowest BCUT2D eigenvalue weighted by atomic mass is 9.98. The molecular formula is C33H40O20. The van der Waals surface area contributed by atoms with E-state index in [2.05, 4.69) is 0 Å². The van der Waals surface area contributed by atoms with Gasteiger partial charge in [0.05, 0.1) is 19.3 Å². The molecule has 0 amide bonds. The van der Waals surface area contributed by atoms with E-state index in [4.69, 9.17) is 32.8 Å². The summed E-state index contributed by atoms with van der Waals surface area (Å²) in [7, 11) is 0. The standard InChI is InChI=1S/C33H40O20/c1-10-19(37)23(41)26(44)31(48-10)47-9-17-21(39)25(43)28(46)33(52-17)53-30-22(40)18-14(36)6-13(49-32-27(45)24(42)20(38)16(8-34)51-32)7-15(18)50-29(30)11-2-4-12(35)5-3-11/h2-7,10,16-17,19-21,23-28,31-39,41-46H,8-9H2,1H3/t10?,16?,17?,19-,20+,21+,23-,24-,25?,26?,27?,28?,31+,32+,33-/m0/s1. The molecule has 0 spiro atoms. The molecule has 3 aliphatic rings. The quantitative estimate of drug-likeness (QED) is 0.0992. The lowest BCUT2D eigenvalue weighted by Gasteiger charge is -2.42. The fraction of sp³-hybridized carbons (Fsp3) is 0.545. The minimum Gasteiger partial charge on any atom is -0.508 e. The van der Waals surface area contributed by atoms with Crippen molar-refractivity contribution in [2.45, 2.75) is 99.0 Å². The van der Waals surface area contributed by atoms with Crippen molar-refractivity contribution in [1.82, 2.24) is 0 Å². The molecule has 3 fully saturated rings. The van der Waals surface area contributed by atoms with Crippen molar-refractivity contribution in [3.8, 4) is 34.3 Å². The number of hydrogen-bond donors (Lipinski definition) is 12. The molecule has 20 heteroatoms. The number of phenolic OH excluding ortho intramolecular Hbond substituents is 2. The molecule has 3 aromatic rings. The summed E-state index contributed by atoms with van der Waals surface area (Å²) in [5.41, 5.74) is -1.26. The third-order valence-corrected chi connectivity index (χ3v) is 9.27.